The van der Waals surface area contributed by atoms with Crippen LogP contribution < -0.4 is 10.6 Å². The Balaban J connectivity index is 0.00000256. The molecule has 0 spiro atoms. The molecule has 3 aliphatic rings. The smallest absolute Gasteiger partial charge is 0.233 e. The molecule has 6 nitrogen and oxygen atoms in total. The number of halogens is 1. The summed E-state index contributed by atoms with van der Waals surface area (Å²) in [5.41, 5.74) is 0.0192. The van der Waals surface area contributed by atoms with Crippen LogP contribution >= 0.6 is 35.3 Å². The zero-order valence-electron chi connectivity index (χ0n) is 17.8. The largest absolute Gasteiger partial charge is 0.356 e. The van der Waals surface area contributed by atoms with Crippen molar-refractivity contribution in [1.29, 1.82) is 0 Å². The number of carbonyl (C=O) groups excluding carboxylic acids is 2. The average Bonchev–Trinajstić information content (AvgIpc) is 3.48. The zero-order valence-corrected chi connectivity index (χ0v) is 20.9. The molecule has 0 aromatic carbocycles. The second-order valence-corrected chi connectivity index (χ2v) is 9.84. The fourth-order valence-electron chi connectivity index (χ4n) is 4.90. The lowest BCUT2D eigenvalue weighted by atomic mass is 9.85. The first-order chi connectivity index (χ1) is 13.9. The second kappa shape index (κ2) is 9.38. The van der Waals surface area contributed by atoms with E-state index >= 15 is 0 Å². The highest BCUT2D eigenvalue weighted by Gasteiger charge is 2.58. The number of thiophene rings is 1. The molecule has 1 saturated heterocycles. The van der Waals surface area contributed by atoms with Crippen LogP contribution in [0.25, 0.3) is 0 Å². The lowest BCUT2D eigenvalue weighted by Crippen LogP contribution is -2.44. The Bertz CT molecular complexity index is 806. The normalized spacial score (nSPS) is 27.4. The topological polar surface area (TPSA) is 73.8 Å². The van der Waals surface area contributed by atoms with Crippen molar-refractivity contribution >= 4 is 53.1 Å². The van der Waals surface area contributed by atoms with Crippen molar-refractivity contribution in [2.45, 2.75) is 32.1 Å². The molecule has 4 unspecified atom stereocenters. The highest BCUT2D eigenvalue weighted by molar-refractivity contribution is 14.0. The number of amides is 2. The number of aliphatic imine (C=N–C) groups is 1. The van der Waals surface area contributed by atoms with Crippen LogP contribution in [0.15, 0.2) is 34.7 Å². The maximum absolute atomic E-state index is 12.7. The molecule has 2 aliphatic carbocycles. The molecule has 1 aliphatic heterocycles. The number of allylic oxidation sites excluding steroid dienone is 2. The van der Waals surface area contributed by atoms with Crippen molar-refractivity contribution < 1.29 is 9.59 Å². The van der Waals surface area contributed by atoms with Crippen LogP contribution in [0.5, 0.6) is 0 Å². The van der Waals surface area contributed by atoms with Gasteiger partial charge in [-0.3, -0.25) is 19.5 Å². The third-order valence-electron chi connectivity index (χ3n) is 6.52. The third-order valence-corrected chi connectivity index (χ3v) is 7.76. The van der Waals surface area contributed by atoms with E-state index in [0.29, 0.717) is 19.5 Å². The molecule has 164 valence electrons. The summed E-state index contributed by atoms with van der Waals surface area (Å²) in [6.07, 6.45) is 5.96. The van der Waals surface area contributed by atoms with Crippen LogP contribution in [0, 0.1) is 23.7 Å². The van der Waals surface area contributed by atoms with E-state index in [1.807, 2.05) is 0 Å². The van der Waals surface area contributed by atoms with Gasteiger partial charge in [-0.05, 0) is 36.1 Å². The fraction of sp³-hybridized carbons (Fsp3) is 0.591. The summed E-state index contributed by atoms with van der Waals surface area (Å²) in [5.74, 6) is 1.18. The number of rotatable bonds is 7. The number of likely N-dealkylation sites (tertiary alicyclic amines) is 1. The van der Waals surface area contributed by atoms with E-state index in [1.165, 1.54) is 9.78 Å². The molecule has 2 N–H and O–H groups in total. The Morgan fingerprint density at radius 2 is 1.87 bits per heavy atom. The highest BCUT2D eigenvalue weighted by atomic mass is 127. The van der Waals surface area contributed by atoms with E-state index in [4.69, 9.17) is 0 Å². The van der Waals surface area contributed by atoms with Gasteiger partial charge in [0.25, 0.3) is 0 Å². The van der Waals surface area contributed by atoms with Gasteiger partial charge in [0.2, 0.25) is 11.8 Å². The Morgan fingerprint density at radius 1 is 1.20 bits per heavy atom. The summed E-state index contributed by atoms with van der Waals surface area (Å²) in [6, 6.07) is 4.23. The molecule has 2 amide bonds. The van der Waals surface area contributed by atoms with Gasteiger partial charge in [0.05, 0.1) is 11.8 Å². The maximum Gasteiger partial charge on any atom is 0.233 e. The number of fused-ring (bicyclic) bond motifs is 5. The average molecular weight is 542 g/mol. The minimum absolute atomic E-state index is 0. The van der Waals surface area contributed by atoms with E-state index in [9.17, 15) is 9.59 Å². The van der Waals surface area contributed by atoms with Gasteiger partial charge in [0.15, 0.2) is 5.96 Å². The van der Waals surface area contributed by atoms with Crippen LogP contribution in [-0.4, -0.2) is 49.4 Å². The van der Waals surface area contributed by atoms with Gasteiger partial charge in [-0.2, -0.15) is 0 Å². The lowest BCUT2D eigenvalue weighted by Gasteiger charge is -2.25. The third kappa shape index (κ3) is 4.30. The molecular weight excluding hydrogens is 511 g/mol. The molecule has 1 aromatic rings. The number of hydrogen-bond donors (Lipinski definition) is 2. The molecule has 8 heteroatoms. The van der Waals surface area contributed by atoms with Gasteiger partial charge in [-0.25, -0.2) is 0 Å². The molecular formula is C22H31IN4O2S. The van der Waals surface area contributed by atoms with Crippen LogP contribution in [0.2, 0.25) is 0 Å². The number of nitrogens with one attached hydrogen (secondary N) is 2. The van der Waals surface area contributed by atoms with E-state index in [0.717, 1.165) is 18.9 Å². The van der Waals surface area contributed by atoms with E-state index in [-0.39, 0.29) is 64.9 Å². The first kappa shape index (κ1) is 23.2. The van der Waals surface area contributed by atoms with E-state index in [2.05, 4.69) is 59.1 Å². The summed E-state index contributed by atoms with van der Waals surface area (Å²) < 4.78 is 0. The van der Waals surface area contributed by atoms with Gasteiger partial charge in [0.1, 0.15) is 0 Å². The summed E-state index contributed by atoms with van der Waals surface area (Å²) in [5, 5.41) is 8.79. The summed E-state index contributed by atoms with van der Waals surface area (Å²) >= 11 is 1.76. The molecule has 2 bridgehead atoms. The predicted molar refractivity (Wildman–Crippen MR) is 131 cm³/mol. The number of guanidine groups is 1. The molecule has 1 saturated carbocycles. The van der Waals surface area contributed by atoms with Gasteiger partial charge in [0, 0.05) is 37.0 Å². The number of imide groups is 1. The van der Waals surface area contributed by atoms with Crippen LogP contribution in [-0.2, 0) is 15.0 Å². The summed E-state index contributed by atoms with van der Waals surface area (Å²) in [7, 11) is 1.75. The van der Waals surface area contributed by atoms with Gasteiger partial charge < -0.3 is 10.6 Å². The molecule has 0 radical (unpaired) electrons. The Labute approximate surface area is 199 Å². The molecule has 2 fully saturated rings. The van der Waals surface area contributed by atoms with Crippen molar-refractivity contribution in [1.82, 2.24) is 15.5 Å². The second-order valence-electron chi connectivity index (χ2n) is 8.90. The van der Waals surface area contributed by atoms with Crippen LogP contribution in [0.4, 0.5) is 0 Å². The standard InChI is InChI=1S/C22H30N4O2S.HI/c1-22(2,16-6-4-11-29-16)13-25-21(23-3)24-9-5-10-26-19(27)17-14-7-8-15(12-14)18(17)20(26)28;/h4,6-8,11,14-15,17-18H,5,9-10,12-13H2,1-3H3,(H2,23,24,25);1H. The SMILES string of the molecule is CN=C(NCCCN1C(=O)C2C3C=CC(C3)C2C1=O)NCC(C)(C)c1cccs1.I. The molecule has 4 rings (SSSR count). The molecule has 2 heterocycles. The number of nitrogens with zero attached hydrogens (tertiary/aromatic N) is 2. The quantitative estimate of drug-likeness (QED) is 0.139. The van der Waals surface area contributed by atoms with E-state index < -0.39 is 0 Å². The maximum atomic E-state index is 12.7. The molecule has 4 atom stereocenters. The van der Waals surface area contributed by atoms with Crippen molar-refractivity contribution in [2.75, 3.05) is 26.7 Å². The van der Waals surface area contributed by atoms with Crippen molar-refractivity contribution in [2.24, 2.45) is 28.7 Å². The number of hydrogen-bond acceptors (Lipinski definition) is 4. The predicted octanol–water partition coefficient (Wildman–Crippen LogP) is 3.01. The van der Waals surface area contributed by atoms with Gasteiger partial charge >= 0.3 is 0 Å². The minimum Gasteiger partial charge on any atom is -0.356 e. The number of carbonyl (C=O) groups is 2. The summed E-state index contributed by atoms with van der Waals surface area (Å²) in [4.78, 5) is 32.5. The highest BCUT2D eigenvalue weighted by Crippen LogP contribution is 2.52. The van der Waals surface area contributed by atoms with Crippen LogP contribution in [0.1, 0.15) is 31.6 Å². The monoisotopic (exact) mass is 542 g/mol. The van der Waals surface area contributed by atoms with Crippen molar-refractivity contribution in [3.8, 4) is 0 Å². The lowest BCUT2D eigenvalue weighted by molar-refractivity contribution is -0.140. The fourth-order valence-corrected chi connectivity index (χ4v) is 5.76. The first-order valence-electron chi connectivity index (χ1n) is 10.4. The first-order valence-corrected chi connectivity index (χ1v) is 11.3. The van der Waals surface area contributed by atoms with Crippen molar-refractivity contribution in [3.05, 3.63) is 34.5 Å². The van der Waals surface area contributed by atoms with E-state index in [1.54, 1.807) is 18.4 Å². The minimum atomic E-state index is -0.0978. The van der Waals surface area contributed by atoms with Gasteiger partial charge in [-0.15, -0.1) is 35.3 Å². The summed E-state index contributed by atoms with van der Waals surface area (Å²) in [6.45, 7) is 6.34. The Hall–Kier alpha value is -1.42. The Morgan fingerprint density at radius 3 is 2.43 bits per heavy atom. The van der Waals surface area contributed by atoms with Gasteiger partial charge in [-0.1, -0.05) is 32.1 Å². The Kier molecular flexibility index (Phi) is 7.27. The van der Waals surface area contributed by atoms with Crippen LogP contribution in [0.3, 0.4) is 0 Å². The molecule has 30 heavy (non-hydrogen) atoms. The molecule has 1 aromatic heterocycles. The zero-order chi connectivity index (χ0) is 20.6. The van der Waals surface area contributed by atoms with Crippen molar-refractivity contribution in [3.63, 3.8) is 0 Å².